The van der Waals surface area contributed by atoms with Gasteiger partial charge in [-0.3, -0.25) is 4.79 Å². The molecule has 3 nitrogen and oxygen atoms in total. The second-order valence-corrected chi connectivity index (χ2v) is 2.74. The zero-order valence-electron chi connectivity index (χ0n) is 7.55. The number of amides is 1. The maximum atomic E-state index is 11.0. The molecule has 1 rings (SSSR count). The summed E-state index contributed by atoms with van der Waals surface area (Å²) in [6.45, 7) is 3.93. The molecule has 0 unspecified atom stereocenters. The largest absolute Gasteiger partial charge is 0.311 e. The standard InChI is InChI=1S/C9H14N2O/c1-3-7-5-6-8(12)11-9(7)10-4-2/h4H,3,5-6H2,1-2H3,(H,11,12). The van der Waals surface area contributed by atoms with Crippen LogP contribution >= 0.6 is 0 Å². The fraction of sp³-hybridized carbons (Fsp3) is 0.556. The van der Waals surface area contributed by atoms with Crippen LogP contribution in [0.15, 0.2) is 16.4 Å². The van der Waals surface area contributed by atoms with Gasteiger partial charge in [-0.1, -0.05) is 6.92 Å². The lowest BCUT2D eigenvalue weighted by Gasteiger charge is -2.16. The fourth-order valence-corrected chi connectivity index (χ4v) is 1.26. The minimum atomic E-state index is 0.0767. The van der Waals surface area contributed by atoms with Crippen molar-refractivity contribution in [3.8, 4) is 0 Å². The fourth-order valence-electron chi connectivity index (χ4n) is 1.26. The van der Waals surface area contributed by atoms with E-state index in [1.165, 1.54) is 5.57 Å². The molecule has 12 heavy (non-hydrogen) atoms. The number of allylic oxidation sites excluding steroid dienone is 1. The number of hydrogen-bond donors (Lipinski definition) is 1. The van der Waals surface area contributed by atoms with Gasteiger partial charge in [0.1, 0.15) is 5.82 Å². The zero-order valence-corrected chi connectivity index (χ0v) is 7.55. The van der Waals surface area contributed by atoms with E-state index in [4.69, 9.17) is 0 Å². The van der Waals surface area contributed by atoms with Crippen LogP contribution in [0.5, 0.6) is 0 Å². The third-order valence-electron chi connectivity index (χ3n) is 1.93. The Kier molecular flexibility index (Phi) is 3.02. The van der Waals surface area contributed by atoms with Crippen LogP contribution in [0, 0.1) is 0 Å². The number of hydrogen-bond acceptors (Lipinski definition) is 2. The van der Waals surface area contributed by atoms with E-state index in [1.807, 2.05) is 6.92 Å². The SMILES string of the molecule is CC=NC1=C(CC)CCC(=O)N1. The van der Waals surface area contributed by atoms with Crippen LogP contribution in [-0.2, 0) is 4.79 Å². The predicted octanol–water partition coefficient (Wildman–Crippen LogP) is 1.61. The molecule has 0 aromatic heterocycles. The van der Waals surface area contributed by atoms with Gasteiger partial charge in [0.05, 0.1) is 0 Å². The summed E-state index contributed by atoms with van der Waals surface area (Å²) in [5.74, 6) is 0.837. The molecule has 0 aromatic rings. The molecular formula is C9H14N2O. The minimum Gasteiger partial charge on any atom is -0.311 e. The van der Waals surface area contributed by atoms with Gasteiger partial charge < -0.3 is 5.32 Å². The Morgan fingerprint density at radius 1 is 1.58 bits per heavy atom. The Labute approximate surface area is 72.6 Å². The average Bonchev–Trinajstić information content (AvgIpc) is 2.05. The van der Waals surface area contributed by atoms with E-state index in [0.717, 1.165) is 18.7 Å². The van der Waals surface area contributed by atoms with E-state index in [1.54, 1.807) is 6.21 Å². The average molecular weight is 166 g/mol. The molecule has 3 heteroatoms. The number of nitrogens with zero attached hydrogens (tertiary/aromatic N) is 1. The lowest BCUT2D eigenvalue weighted by Crippen LogP contribution is -2.27. The maximum Gasteiger partial charge on any atom is 0.225 e. The molecule has 0 saturated carbocycles. The molecule has 0 atom stereocenters. The van der Waals surface area contributed by atoms with Crippen LogP contribution in [0.3, 0.4) is 0 Å². The summed E-state index contributed by atoms with van der Waals surface area (Å²) in [7, 11) is 0. The molecule has 0 radical (unpaired) electrons. The van der Waals surface area contributed by atoms with E-state index >= 15 is 0 Å². The van der Waals surface area contributed by atoms with E-state index in [-0.39, 0.29) is 5.91 Å². The Balaban J connectivity index is 2.84. The molecule has 1 heterocycles. The van der Waals surface area contributed by atoms with Gasteiger partial charge in [-0.25, -0.2) is 4.99 Å². The van der Waals surface area contributed by atoms with Crippen LogP contribution in [-0.4, -0.2) is 12.1 Å². The van der Waals surface area contributed by atoms with Gasteiger partial charge in [0.15, 0.2) is 0 Å². The molecule has 1 amide bonds. The molecule has 1 aliphatic rings. The first kappa shape index (κ1) is 8.97. The Morgan fingerprint density at radius 2 is 2.33 bits per heavy atom. The summed E-state index contributed by atoms with van der Waals surface area (Å²) in [6, 6.07) is 0. The first-order valence-electron chi connectivity index (χ1n) is 4.28. The van der Waals surface area contributed by atoms with Crippen molar-refractivity contribution in [2.24, 2.45) is 4.99 Å². The second kappa shape index (κ2) is 4.04. The first-order valence-corrected chi connectivity index (χ1v) is 4.28. The topological polar surface area (TPSA) is 41.5 Å². The highest BCUT2D eigenvalue weighted by Gasteiger charge is 2.14. The molecule has 0 aliphatic carbocycles. The molecule has 0 bridgehead atoms. The molecule has 1 aliphatic heterocycles. The highest BCUT2D eigenvalue weighted by Crippen LogP contribution is 2.18. The van der Waals surface area contributed by atoms with E-state index < -0.39 is 0 Å². The summed E-state index contributed by atoms with van der Waals surface area (Å²) in [5, 5.41) is 2.76. The first-order chi connectivity index (χ1) is 5.77. The molecular weight excluding hydrogens is 152 g/mol. The predicted molar refractivity (Wildman–Crippen MR) is 48.9 cm³/mol. The number of carbonyl (C=O) groups excluding carboxylic acids is 1. The Morgan fingerprint density at radius 3 is 2.92 bits per heavy atom. The van der Waals surface area contributed by atoms with Gasteiger partial charge in [-0.15, -0.1) is 0 Å². The third-order valence-corrected chi connectivity index (χ3v) is 1.93. The monoisotopic (exact) mass is 166 g/mol. The number of nitrogens with one attached hydrogen (secondary N) is 1. The van der Waals surface area contributed by atoms with Gasteiger partial charge >= 0.3 is 0 Å². The smallest absolute Gasteiger partial charge is 0.225 e. The highest BCUT2D eigenvalue weighted by molar-refractivity contribution is 5.80. The number of carbonyl (C=O) groups is 1. The molecule has 0 aromatic carbocycles. The van der Waals surface area contributed by atoms with Crippen molar-refractivity contribution >= 4 is 12.1 Å². The van der Waals surface area contributed by atoms with Gasteiger partial charge in [0, 0.05) is 12.6 Å². The molecule has 1 N–H and O–H groups in total. The molecule has 0 saturated heterocycles. The van der Waals surface area contributed by atoms with Gasteiger partial charge in [0.2, 0.25) is 5.91 Å². The molecule has 66 valence electrons. The summed E-state index contributed by atoms with van der Waals surface area (Å²) in [5.41, 5.74) is 1.24. The van der Waals surface area contributed by atoms with Crippen LogP contribution in [0.4, 0.5) is 0 Å². The van der Waals surface area contributed by atoms with Crippen LogP contribution < -0.4 is 5.32 Å². The van der Waals surface area contributed by atoms with Gasteiger partial charge in [0.25, 0.3) is 0 Å². The zero-order chi connectivity index (χ0) is 8.97. The van der Waals surface area contributed by atoms with E-state index in [9.17, 15) is 4.79 Å². The third kappa shape index (κ3) is 1.94. The van der Waals surface area contributed by atoms with Gasteiger partial charge in [-0.2, -0.15) is 0 Å². The van der Waals surface area contributed by atoms with Crippen molar-refractivity contribution in [1.29, 1.82) is 0 Å². The molecule has 0 fully saturated rings. The summed E-state index contributed by atoms with van der Waals surface area (Å²) >= 11 is 0. The van der Waals surface area contributed by atoms with E-state index in [0.29, 0.717) is 6.42 Å². The van der Waals surface area contributed by atoms with Crippen molar-refractivity contribution < 1.29 is 4.79 Å². The summed E-state index contributed by atoms with van der Waals surface area (Å²) in [4.78, 5) is 15.1. The van der Waals surface area contributed by atoms with Crippen molar-refractivity contribution in [2.45, 2.75) is 33.1 Å². The maximum absolute atomic E-state index is 11.0. The van der Waals surface area contributed by atoms with Crippen LogP contribution in [0.2, 0.25) is 0 Å². The second-order valence-electron chi connectivity index (χ2n) is 2.74. The Bertz CT molecular complexity index is 241. The van der Waals surface area contributed by atoms with Gasteiger partial charge in [-0.05, 0) is 25.3 Å². The lowest BCUT2D eigenvalue weighted by molar-refractivity contribution is -0.120. The molecule has 0 spiro atoms. The lowest BCUT2D eigenvalue weighted by atomic mass is 10.0. The minimum absolute atomic E-state index is 0.0767. The van der Waals surface area contributed by atoms with Crippen molar-refractivity contribution in [3.63, 3.8) is 0 Å². The Hall–Kier alpha value is -1.12. The van der Waals surface area contributed by atoms with Crippen molar-refractivity contribution in [1.82, 2.24) is 5.32 Å². The van der Waals surface area contributed by atoms with E-state index in [2.05, 4.69) is 17.2 Å². The summed E-state index contributed by atoms with van der Waals surface area (Å²) in [6.07, 6.45) is 4.13. The number of rotatable bonds is 2. The quantitative estimate of drug-likeness (QED) is 0.622. The van der Waals surface area contributed by atoms with Crippen LogP contribution in [0.1, 0.15) is 33.1 Å². The van der Waals surface area contributed by atoms with Crippen LogP contribution in [0.25, 0.3) is 0 Å². The normalized spacial score (nSPS) is 18.7. The van der Waals surface area contributed by atoms with Crippen molar-refractivity contribution in [2.75, 3.05) is 0 Å². The summed E-state index contributed by atoms with van der Waals surface area (Å²) < 4.78 is 0. The van der Waals surface area contributed by atoms with Crippen molar-refractivity contribution in [3.05, 3.63) is 11.4 Å². The number of aliphatic imine (C=N–C) groups is 1. The highest BCUT2D eigenvalue weighted by atomic mass is 16.1.